The third-order valence-electron chi connectivity index (χ3n) is 3.28. The molecule has 2 rings (SSSR count). The lowest BCUT2D eigenvalue weighted by Crippen LogP contribution is -2.35. The first-order chi connectivity index (χ1) is 9.36. The number of benzene rings is 1. The number of nitrogens with zero attached hydrogens (tertiary/aromatic N) is 1. The van der Waals surface area contributed by atoms with Crippen LogP contribution in [0.4, 0.5) is 5.69 Å². The molecule has 1 aromatic rings. The van der Waals surface area contributed by atoms with Gasteiger partial charge in [-0.05, 0) is 50.5 Å². The molecule has 108 valence electrons. The van der Waals surface area contributed by atoms with Crippen LogP contribution in [0.2, 0.25) is 0 Å². The SMILES string of the molecule is CC(C)(C)C(=O)ON1CC=C(c2ccc(N)cc2)CC1. The lowest BCUT2D eigenvalue weighted by molar-refractivity contribution is -0.198. The van der Waals surface area contributed by atoms with Crippen molar-refractivity contribution < 1.29 is 9.63 Å². The van der Waals surface area contributed by atoms with Crippen molar-refractivity contribution in [1.29, 1.82) is 0 Å². The largest absolute Gasteiger partial charge is 0.399 e. The molecule has 0 amide bonds. The Morgan fingerprint density at radius 3 is 2.40 bits per heavy atom. The molecular formula is C16H22N2O2. The summed E-state index contributed by atoms with van der Waals surface area (Å²) in [5.41, 5.74) is 8.44. The van der Waals surface area contributed by atoms with Gasteiger partial charge in [0, 0.05) is 12.2 Å². The monoisotopic (exact) mass is 274 g/mol. The van der Waals surface area contributed by atoms with Crippen LogP contribution < -0.4 is 5.73 Å². The summed E-state index contributed by atoms with van der Waals surface area (Å²) in [5.74, 6) is -0.193. The van der Waals surface area contributed by atoms with Gasteiger partial charge in [0.25, 0.3) is 0 Å². The average molecular weight is 274 g/mol. The van der Waals surface area contributed by atoms with Crippen molar-refractivity contribution in [3.63, 3.8) is 0 Å². The van der Waals surface area contributed by atoms with Crippen LogP contribution in [0.3, 0.4) is 0 Å². The van der Waals surface area contributed by atoms with E-state index < -0.39 is 5.41 Å². The third-order valence-corrected chi connectivity index (χ3v) is 3.28. The zero-order valence-electron chi connectivity index (χ0n) is 12.3. The Bertz CT molecular complexity index is 512. The second kappa shape index (κ2) is 5.67. The summed E-state index contributed by atoms with van der Waals surface area (Å²) in [4.78, 5) is 17.2. The Morgan fingerprint density at radius 2 is 1.90 bits per heavy atom. The highest BCUT2D eigenvalue weighted by Gasteiger charge is 2.26. The Hall–Kier alpha value is -1.81. The number of nitrogens with two attached hydrogens (primary N) is 1. The second-order valence-corrected chi connectivity index (χ2v) is 6.12. The molecule has 1 heterocycles. The van der Waals surface area contributed by atoms with E-state index in [2.05, 4.69) is 6.08 Å². The quantitative estimate of drug-likeness (QED) is 0.843. The molecule has 4 heteroatoms. The number of carbonyl (C=O) groups excluding carboxylic acids is 1. The molecule has 1 aliphatic heterocycles. The van der Waals surface area contributed by atoms with Gasteiger partial charge in [0.15, 0.2) is 0 Å². The highest BCUT2D eigenvalue weighted by Crippen LogP contribution is 2.24. The van der Waals surface area contributed by atoms with E-state index in [4.69, 9.17) is 10.6 Å². The zero-order valence-corrected chi connectivity index (χ0v) is 12.3. The van der Waals surface area contributed by atoms with E-state index in [1.165, 1.54) is 11.1 Å². The summed E-state index contributed by atoms with van der Waals surface area (Å²) >= 11 is 0. The first-order valence-electron chi connectivity index (χ1n) is 6.88. The summed E-state index contributed by atoms with van der Waals surface area (Å²) in [7, 11) is 0. The molecule has 0 aromatic heterocycles. The molecular weight excluding hydrogens is 252 g/mol. The van der Waals surface area contributed by atoms with Gasteiger partial charge in [0.1, 0.15) is 0 Å². The average Bonchev–Trinajstić information content (AvgIpc) is 2.39. The standard InChI is InChI=1S/C16H22N2O2/c1-16(2,3)15(19)20-18-10-8-13(9-11-18)12-4-6-14(17)7-5-12/h4-8H,9-11,17H2,1-3H3. The normalized spacial score (nSPS) is 16.6. The van der Waals surface area contributed by atoms with E-state index in [-0.39, 0.29) is 5.97 Å². The van der Waals surface area contributed by atoms with Gasteiger partial charge in [-0.1, -0.05) is 18.2 Å². The van der Waals surface area contributed by atoms with Crippen LogP contribution >= 0.6 is 0 Å². The molecule has 0 bridgehead atoms. The van der Waals surface area contributed by atoms with E-state index in [0.29, 0.717) is 6.54 Å². The van der Waals surface area contributed by atoms with Crippen LogP contribution in [-0.2, 0) is 9.63 Å². The van der Waals surface area contributed by atoms with E-state index in [1.54, 1.807) is 5.06 Å². The van der Waals surface area contributed by atoms with Gasteiger partial charge in [-0.2, -0.15) is 0 Å². The van der Waals surface area contributed by atoms with Gasteiger partial charge in [0.2, 0.25) is 0 Å². The van der Waals surface area contributed by atoms with Crippen molar-refractivity contribution in [3.8, 4) is 0 Å². The fourth-order valence-corrected chi connectivity index (χ4v) is 1.95. The molecule has 0 radical (unpaired) electrons. The van der Waals surface area contributed by atoms with E-state index in [0.717, 1.165) is 18.7 Å². The number of hydrogen-bond donors (Lipinski definition) is 1. The van der Waals surface area contributed by atoms with Gasteiger partial charge in [-0.3, -0.25) is 0 Å². The van der Waals surface area contributed by atoms with Crippen LogP contribution in [0.1, 0.15) is 32.8 Å². The maximum absolute atomic E-state index is 11.8. The number of rotatable bonds is 2. The summed E-state index contributed by atoms with van der Waals surface area (Å²) < 4.78 is 0. The Kier molecular flexibility index (Phi) is 4.14. The molecule has 2 N–H and O–H groups in total. The zero-order chi connectivity index (χ0) is 14.8. The predicted octanol–water partition coefficient (Wildman–Crippen LogP) is 2.86. The summed E-state index contributed by atoms with van der Waals surface area (Å²) in [6.45, 7) is 6.92. The summed E-state index contributed by atoms with van der Waals surface area (Å²) in [5, 5.41) is 1.72. The van der Waals surface area contributed by atoms with Crippen molar-refractivity contribution in [2.24, 2.45) is 5.41 Å². The van der Waals surface area contributed by atoms with E-state index >= 15 is 0 Å². The lowest BCUT2D eigenvalue weighted by Gasteiger charge is -2.28. The number of carbonyl (C=O) groups is 1. The van der Waals surface area contributed by atoms with Crippen molar-refractivity contribution in [1.82, 2.24) is 5.06 Å². The summed E-state index contributed by atoms with van der Waals surface area (Å²) in [6, 6.07) is 7.86. The minimum atomic E-state index is -0.471. The fourth-order valence-electron chi connectivity index (χ4n) is 1.95. The maximum Gasteiger partial charge on any atom is 0.330 e. The lowest BCUT2D eigenvalue weighted by atomic mass is 9.97. The molecule has 1 aromatic carbocycles. The summed E-state index contributed by atoms with van der Waals surface area (Å²) in [6.07, 6.45) is 2.96. The van der Waals surface area contributed by atoms with Crippen LogP contribution in [-0.4, -0.2) is 24.1 Å². The van der Waals surface area contributed by atoms with Crippen molar-refractivity contribution >= 4 is 17.2 Å². The van der Waals surface area contributed by atoms with Gasteiger partial charge in [-0.25, -0.2) is 4.79 Å². The molecule has 4 nitrogen and oxygen atoms in total. The molecule has 20 heavy (non-hydrogen) atoms. The molecule has 1 aliphatic rings. The molecule has 0 aliphatic carbocycles. The minimum Gasteiger partial charge on any atom is -0.399 e. The van der Waals surface area contributed by atoms with Gasteiger partial charge in [-0.15, -0.1) is 5.06 Å². The number of anilines is 1. The van der Waals surface area contributed by atoms with Crippen LogP contribution in [0.15, 0.2) is 30.3 Å². The minimum absolute atomic E-state index is 0.193. The van der Waals surface area contributed by atoms with Crippen molar-refractivity contribution in [3.05, 3.63) is 35.9 Å². The number of nitrogen functional groups attached to an aromatic ring is 1. The first kappa shape index (κ1) is 14.6. The van der Waals surface area contributed by atoms with E-state index in [1.807, 2.05) is 45.0 Å². The predicted molar refractivity (Wildman–Crippen MR) is 80.6 cm³/mol. The van der Waals surface area contributed by atoms with Gasteiger partial charge >= 0.3 is 5.97 Å². The topological polar surface area (TPSA) is 55.6 Å². The van der Waals surface area contributed by atoms with Crippen molar-refractivity contribution in [2.75, 3.05) is 18.8 Å². The molecule has 0 saturated heterocycles. The molecule has 0 fully saturated rings. The number of hydroxylamine groups is 2. The highest BCUT2D eigenvalue weighted by molar-refractivity contribution is 5.75. The van der Waals surface area contributed by atoms with Crippen LogP contribution in [0.5, 0.6) is 0 Å². The van der Waals surface area contributed by atoms with E-state index in [9.17, 15) is 4.79 Å². The smallest absolute Gasteiger partial charge is 0.330 e. The molecule has 0 saturated carbocycles. The Morgan fingerprint density at radius 1 is 1.25 bits per heavy atom. The van der Waals surface area contributed by atoms with Crippen LogP contribution in [0, 0.1) is 5.41 Å². The fraction of sp³-hybridized carbons (Fsp3) is 0.438. The maximum atomic E-state index is 11.8. The Balaban J connectivity index is 1.97. The Labute approximate surface area is 120 Å². The van der Waals surface area contributed by atoms with Crippen molar-refractivity contribution in [2.45, 2.75) is 27.2 Å². The molecule has 0 atom stereocenters. The molecule has 0 spiro atoms. The van der Waals surface area contributed by atoms with Gasteiger partial charge in [0.05, 0.1) is 12.0 Å². The first-order valence-corrected chi connectivity index (χ1v) is 6.88. The second-order valence-electron chi connectivity index (χ2n) is 6.12. The molecule has 0 unspecified atom stereocenters. The number of hydrogen-bond acceptors (Lipinski definition) is 4. The third kappa shape index (κ3) is 3.61. The highest BCUT2D eigenvalue weighted by atomic mass is 16.7. The van der Waals surface area contributed by atoms with Gasteiger partial charge < -0.3 is 10.6 Å². The van der Waals surface area contributed by atoms with Crippen LogP contribution in [0.25, 0.3) is 5.57 Å².